The van der Waals surface area contributed by atoms with Crippen molar-refractivity contribution in [3.8, 4) is 28.6 Å². The zero-order valence-electron chi connectivity index (χ0n) is 16.1. The summed E-state index contributed by atoms with van der Waals surface area (Å²) in [6.45, 7) is 7.58. The lowest BCUT2D eigenvalue weighted by atomic mass is 9.69. The topological polar surface area (TPSA) is 133 Å². The zero-order valence-corrected chi connectivity index (χ0v) is 16.1. The fraction of sp³-hybridized carbons (Fsp3) is 0.316. The number of anilines is 1. The highest BCUT2D eigenvalue weighted by Gasteiger charge is 2.50. The van der Waals surface area contributed by atoms with Gasteiger partial charge in [-0.2, -0.15) is 20.6 Å². The molecule has 0 unspecified atom stereocenters. The van der Waals surface area contributed by atoms with Gasteiger partial charge in [0.1, 0.15) is 17.6 Å². The maximum absolute atomic E-state index is 9.19. The Morgan fingerprint density at radius 1 is 1.33 bits per heavy atom. The summed E-state index contributed by atoms with van der Waals surface area (Å²) >= 11 is 0. The first-order valence-electron chi connectivity index (χ1n) is 9.31. The summed E-state index contributed by atoms with van der Waals surface area (Å²) in [5.41, 5.74) is 8.99. The van der Waals surface area contributed by atoms with Gasteiger partial charge >= 0.3 is 0 Å². The molecule has 30 heavy (non-hydrogen) atoms. The van der Waals surface area contributed by atoms with E-state index in [1.54, 1.807) is 32.5 Å². The van der Waals surface area contributed by atoms with Crippen molar-refractivity contribution in [3.63, 3.8) is 0 Å². The minimum absolute atomic E-state index is 0.0733. The van der Waals surface area contributed by atoms with Crippen LogP contribution in [-0.4, -0.2) is 45.7 Å². The Bertz CT molecular complexity index is 1340. The number of nitrogen functional groups attached to an aromatic ring is 1. The van der Waals surface area contributed by atoms with Gasteiger partial charge in [-0.05, 0) is 12.8 Å². The van der Waals surface area contributed by atoms with Gasteiger partial charge in [0, 0.05) is 25.0 Å². The average molecular weight is 399 g/mol. The van der Waals surface area contributed by atoms with Crippen LogP contribution < -0.4 is 5.73 Å². The number of rotatable bonds is 4. The van der Waals surface area contributed by atoms with Crippen LogP contribution in [0.15, 0.2) is 31.1 Å². The summed E-state index contributed by atoms with van der Waals surface area (Å²) in [5, 5.41) is 22.1. The second kappa shape index (κ2) is 6.39. The SMILES string of the molecule is [C-]#[N+]CC1(n2cc(-c3nc(-c4cnn(C)c4)cn4ncnc34)c(N)n2)CC(C#N)C1. The van der Waals surface area contributed by atoms with Crippen molar-refractivity contribution >= 4 is 11.5 Å². The number of hydrogen-bond acceptors (Lipinski definition) is 7. The standard InChI is InChI=1S/C19H17N11/c1-22-10-19(3-12(4-19)5-20)30-8-14(17(21)27-30)16-18-23-11-25-29(18)9-15(26-16)13-6-24-28(2)7-13/h6-9,11-12H,3-4,10H2,2H3,(H2,21,27). The van der Waals surface area contributed by atoms with Gasteiger partial charge in [-0.25, -0.2) is 21.1 Å². The Labute approximate surface area is 171 Å². The summed E-state index contributed by atoms with van der Waals surface area (Å²) in [6.07, 6.45) is 9.79. The molecular formula is C19H17N11. The lowest BCUT2D eigenvalue weighted by Gasteiger charge is -2.40. The molecule has 0 aliphatic heterocycles. The Kier molecular flexibility index (Phi) is 3.79. The number of aryl methyl sites for hydroxylation is 1. The molecule has 2 N–H and O–H groups in total. The van der Waals surface area contributed by atoms with Gasteiger partial charge in [0.2, 0.25) is 6.54 Å². The molecule has 1 fully saturated rings. The number of aromatic nitrogens is 8. The van der Waals surface area contributed by atoms with Crippen LogP contribution in [-0.2, 0) is 12.6 Å². The molecule has 148 valence electrons. The Morgan fingerprint density at radius 3 is 2.87 bits per heavy atom. The second-order valence-corrected chi connectivity index (χ2v) is 7.55. The molecule has 0 atom stereocenters. The van der Waals surface area contributed by atoms with Crippen LogP contribution in [0, 0.1) is 23.8 Å². The summed E-state index contributed by atoms with van der Waals surface area (Å²) in [7, 11) is 1.84. The van der Waals surface area contributed by atoms with E-state index >= 15 is 0 Å². The third-order valence-corrected chi connectivity index (χ3v) is 5.55. The van der Waals surface area contributed by atoms with Crippen LogP contribution in [0.4, 0.5) is 5.82 Å². The van der Waals surface area contributed by atoms with E-state index in [0.717, 1.165) is 5.56 Å². The van der Waals surface area contributed by atoms with Crippen LogP contribution in [0.3, 0.4) is 0 Å². The summed E-state index contributed by atoms with van der Waals surface area (Å²) < 4.78 is 5.07. The van der Waals surface area contributed by atoms with Gasteiger partial charge < -0.3 is 10.6 Å². The normalized spacial score (nSPS) is 20.6. The van der Waals surface area contributed by atoms with Gasteiger partial charge in [-0.15, -0.1) is 0 Å². The average Bonchev–Trinajstić information content (AvgIpc) is 3.43. The molecule has 0 saturated heterocycles. The van der Waals surface area contributed by atoms with Crippen molar-refractivity contribution in [2.45, 2.75) is 18.4 Å². The van der Waals surface area contributed by atoms with Crippen LogP contribution in [0.2, 0.25) is 0 Å². The molecule has 4 aromatic rings. The van der Waals surface area contributed by atoms with Crippen molar-refractivity contribution in [3.05, 3.63) is 42.5 Å². The molecule has 11 heteroatoms. The Morgan fingerprint density at radius 2 is 2.17 bits per heavy atom. The van der Waals surface area contributed by atoms with Crippen molar-refractivity contribution in [2.24, 2.45) is 13.0 Å². The van der Waals surface area contributed by atoms with E-state index in [1.807, 2.05) is 13.2 Å². The minimum Gasteiger partial charge on any atom is -0.382 e. The van der Waals surface area contributed by atoms with Gasteiger partial charge in [0.25, 0.3) is 0 Å². The quantitative estimate of drug-likeness (QED) is 0.514. The molecule has 1 aliphatic carbocycles. The van der Waals surface area contributed by atoms with E-state index < -0.39 is 5.54 Å². The fourth-order valence-electron chi connectivity index (χ4n) is 4.00. The molecule has 0 aromatic carbocycles. The molecule has 0 spiro atoms. The first-order valence-corrected chi connectivity index (χ1v) is 9.31. The summed E-state index contributed by atoms with van der Waals surface area (Å²) in [6, 6.07) is 2.27. The van der Waals surface area contributed by atoms with Gasteiger partial charge in [0.15, 0.2) is 11.5 Å². The highest BCUT2D eigenvalue weighted by molar-refractivity contribution is 5.81. The molecule has 1 saturated carbocycles. The number of nitriles is 1. The largest absolute Gasteiger partial charge is 0.382 e. The molecule has 4 aromatic heterocycles. The van der Waals surface area contributed by atoms with Gasteiger partial charge in [-0.1, -0.05) is 0 Å². The molecule has 0 radical (unpaired) electrons. The number of nitrogens with zero attached hydrogens (tertiary/aromatic N) is 10. The molecule has 0 bridgehead atoms. The predicted octanol–water partition coefficient (Wildman–Crippen LogP) is 1.52. The highest BCUT2D eigenvalue weighted by atomic mass is 15.4. The van der Waals surface area contributed by atoms with Crippen LogP contribution in [0.1, 0.15) is 12.8 Å². The number of nitrogens with two attached hydrogens (primary N) is 1. The first kappa shape index (κ1) is 17.8. The van der Waals surface area contributed by atoms with E-state index in [0.29, 0.717) is 41.3 Å². The van der Waals surface area contributed by atoms with Crippen molar-refractivity contribution < 1.29 is 0 Å². The monoisotopic (exact) mass is 399 g/mol. The van der Waals surface area contributed by atoms with E-state index in [-0.39, 0.29) is 12.5 Å². The second-order valence-electron chi connectivity index (χ2n) is 7.55. The highest BCUT2D eigenvalue weighted by Crippen LogP contribution is 2.45. The number of hydrogen-bond donors (Lipinski definition) is 1. The predicted molar refractivity (Wildman–Crippen MR) is 106 cm³/mol. The third kappa shape index (κ3) is 2.60. The zero-order chi connectivity index (χ0) is 20.9. The van der Waals surface area contributed by atoms with E-state index in [2.05, 4.69) is 31.2 Å². The van der Waals surface area contributed by atoms with Crippen molar-refractivity contribution in [2.75, 3.05) is 12.3 Å². The van der Waals surface area contributed by atoms with Gasteiger partial charge in [0.05, 0.1) is 35.6 Å². The lowest BCUT2D eigenvalue weighted by Crippen LogP contribution is -2.48. The van der Waals surface area contributed by atoms with Crippen LogP contribution in [0.5, 0.6) is 0 Å². The van der Waals surface area contributed by atoms with Crippen LogP contribution >= 0.6 is 0 Å². The van der Waals surface area contributed by atoms with E-state index in [9.17, 15) is 5.26 Å². The Hall–Kier alpha value is -4.25. The fourth-order valence-corrected chi connectivity index (χ4v) is 4.00. The molecule has 11 nitrogen and oxygen atoms in total. The number of fused-ring (bicyclic) bond motifs is 1. The minimum atomic E-state index is -0.514. The maximum Gasteiger partial charge on any atom is 0.239 e. The summed E-state index contributed by atoms with van der Waals surface area (Å²) in [4.78, 5) is 12.7. The molecule has 0 amide bonds. The third-order valence-electron chi connectivity index (χ3n) is 5.55. The van der Waals surface area contributed by atoms with E-state index in [1.165, 1.54) is 6.33 Å². The van der Waals surface area contributed by atoms with Crippen LogP contribution in [0.25, 0.3) is 33.0 Å². The molecule has 4 heterocycles. The van der Waals surface area contributed by atoms with E-state index in [4.69, 9.17) is 17.3 Å². The Balaban J connectivity index is 1.64. The first-order chi connectivity index (χ1) is 14.5. The van der Waals surface area contributed by atoms with Crippen molar-refractivity contribution in [1.82, 2.24) is 39.1 Å². The van der Waals surface area contributed by atoms with Crippen molar-refractivity contribution in [1.29, 1.82) is 5.26 Å². The maximum atomic E-state index is 9.19. The molecular weight excluding hydrogens is 382 g/mol. The summed E-state index contributed by atoms with van der Waals surface area (Å²) in [5.74, 6) is 0.219. The molecule has 5 rings (SSSR count). The lowest BCUT2D eigenvalue weighted by molar-refractivity contribution is 0.102. The smallest absolute Gasteiger partial charge is 0.239 e. The van der Waals surface area contributed by atoms with Gasteiger partial charge in [-0.3, -0.25) is 9.36 Å². The molecule has 1 aliphatic rings.